The number of aromatic nitrogens is 2. The van der Waals surface area contributed by atoms with Gasteiger partial charge in [0.1, 0.15) is 10.0 Å². The van der Waals surface area contributed by atoms with Gasteiger partial charge in [-0.15, -0.1) is 22.7 Å². The maximum Gasteiger partial charge on any atom is 0.117 e. The number of hydrogen-bond donors (Lipinski definition) is 0. The van der Waals surface area contributed by atoms with E-state index in [0.29, 0.717) is 0 Å². The standard InChI is InChI=1S/C20H18N2S2/c1-11-7-15-17(9-13(11)3)23-19(21-15)5-6-20-22-16-8-12(2)14(4)10-18(16)24-20/h5-10H,1-4H3. The van der Waals surface area contributed by atoms with Crippen LogP contribution in [0.25, 0.3) is 32.6 Å². The molecule has 0 N–H and O–H groups in total. The molecular formula is C20H18N2S2. The molecule has 2 nitrogen and oxygen atoms in total. The van der Waals surface area contributed by atoms with Crippen molar-refractivity contribution < 1.29 is 0 Å². The molecule has 0 bridgehead atoms. The van der Waals surface area contributed by atoms with Crippen LogP contribution < -0.4 is 0 Å². The van der Waals surface area contributed by atoms with Crippen molar-refractivity contribution in [1.29, 1.82) is 0 Å². The van der Waals surface area contributed by atoms with Crippen LogP contribution in [0.3, 0.4) is 0 Å². The summed E-state index contributed by atoms with van der Waals surface area (Å²) in [4.78, 5) is 9.44. The van der Waals surface area contributed by atoms with Crippen molar-refractivity contribution in [3.63, 3.8) is 0 Å². The molecule has 0 amide bonds. The highest BCUT2D eigenvalue weighted by Crippen LogP contribution is 2.29. The molecule has 120 valence electrons. The predicted molar refractivity (Wildman–Crippen MR) is 107 cm³/mol. The second-order valence-electron chi connectivity index (χ2n) is 6.25. The van der Waals surface area contributed by atoms with Gasteiger partial charge >= 0.3 is 0 Å². The van der Waals surface area contributed by atoms with Crippen molar-refractivity contribution in [2.24, 2.45) is 0 Å². The van der Waals surface area contributed by atoms with E-state index < -0.39 is 0 Å². The maximum atomic E-state index is 4.72. The van der Waals surface area contributed by atoms with E-state index in [1.54, 1.807) is 22.7 Å². The summed E-state index contributed by atoms with van der Waals surface area (Å²) in [6.45, 7) is 8.56. The average Bonchev–Trinajstić information content (AvgIpc) is 3.09. The SMILES string of the molecule is Cc1cc2nc(C=Cc3nc4cc(C)c(C)cc4s3)sc2cc1C. The molecule has 0 atom stereocenters. The Morgan fingerprint density at radius 3 is 1.42 bits per heavy atom. The van der Waals surface area contributed by atoms with Crippen molar-refractivity contribution in [2.45, 2.75) is 27.7 Å². The summed E-state index contributed by atoms with van der Waals surface area (Å²) in [5, 5.41) is 2.06. The molecule has 4 aromatic rings. The van der Waals surface area contributed by atoms with Crippen LogP contribution in [0.4, 0.5) is 0 Å². The van der Waals surface area contributed by atoms with E-state index in [2.05, 4.69) is 64.1 Å². The third kappa shape index (κ3) is 2.76. The van der Waals surface area contributed by atoms with E-state index in [4.69, 9.17) is 9.97 Å². The molecule has 4 rings (SSSR count). The molecule has 2 heterocycles. The molecule has 0 saturated carbocycles. The minimum atomic E-state index is 1.03. The number of thiazole rings is 2. The van der Waals surface area contributed by atoms with Gasteiger partial charge in [0.15, 0.2) is 0 Å². The van der Waals surface area contributed by atoms with Crippen LogP contribution in [0.5, 0.6) is 0 Å². The fourth-order valence-corrected chi connectivity index (χ4v) is 4.58. The molecule has 24 heavy (non-hydrogen) atoms. The molecule has 0 unspecified atom stereocenters. The first kappa shape index (κ1) is 15.5. The second-order valence-corrected chi connectivity index (χ2v) is 8.37. The fraction of sp³-hybridized carbons (Fsp3) is 0.200. The molecule has 2 aromatic heterocycles. The quantitative estimate of drug-likeness (QED) is 0.423. The Hall–Kier alpha value is -2.04. The molecule has 0 radical (unpaired) electrons. The molecule has 0 aliphatic heterocycles. The topological polar surface area (TPSA) is 25.8 Å². The number of hydrogen-bond acceptors (Lipinski definition) is 4. The van der Waals surface area contributed by atoms with E-state index in [1.165, 1.54) is 31.7 Å². The minimum Gasteiger partial charge on any atom is -0.237 e. The summed E-state index contributed by atoms with van der Waals surface area (Å²) in [7, 11) is 0. The van der Waals surface area contributed by atoms with E-state index in [1.807, 2.05) is 0 Å². The summed E-state index contributed by atoms with van der Waals surface area (Å²) >= 11 is 3.46. The smallest absolute Gasteiger partial charge is 0.117 e. The third-order valence-electron chi connectivity index (χ3n) is 4.41. The van der Waals surface area contributed by atoms with Gasteiger partial charge in [-0.1, -0.05) is 0 Å². The third-order valence-corrected chi connectivity index (χ3v) is 6.38. The zero-order chi connectivity index (χ0) is 16.8. The fourth-order valence-electron chi connectivity index (χ4n) is 2.68. The van der Waals surface area contributed by atoms with Crippen LogP contribution in [0.15, 0.2) is 24.3 Å². The van der Waals surface area contributed by atoms with Crippen LogP contribution in [0, 0.1) is 27.7 Å². The number of aryl methyl sites for hydroxylation is 4. The Balaban J connectivity index is 1.69. The summed E-state index contributed by atoms with van der Waals surface area (Å²) in [6, 6.07) is 8.79. The summed E-state index contributed by atoms with van der Waals surface area (Å²) in [5.74, 6) is 0. The Morgan fingerprint density at radius 2 is 1.00 bits per heavy atom. The second kappa shape index (κ2) is 5.80. The van der Waals surface area contributed by atoms with Gasteiger partial charge in [0.25, 0.3) is 0 Å². The van der Waals surface area contributed by atoms with Gasteiger partial charge in [-0.25, -0.2) is 9.97 Å². The van der Waals surface area contributed by atoms with E-state index >= 15 is 0 Å². The lowest BCUT2D eigenvalue weighted by Crippen LogP contribution is -1.79. The van der Waals surface area contributed by atoms with Crippen LogP contribution in [-0.2, 0) is 0 Å². The average molecular weight is 351 g/mol. The summed E-state index contributed by atoms with van der Waals surface area (Å²) in [6.07, 6.45) is 4.15. The molecule has 4 heteroatoms. The van der Waals surface area contributed by atoms with Gasteiger partial charge in [0.2, 0.25) is 0 Å². The molecule has 0 aliphatic carbocycles. The largest absolute Gasteiger partial charge is 0.237 e. The zero-order valence-corrected chi connectivity index (χ0v) is 15.8. The Bertz CT molecular complexity index is 934. The van der Waals surface area contributed by atoms with Gasteiger partial charge in [0.05, 0.1) is 20.4 Å². The van der Waals surface area contributed by atoms with Crippen LogP contribution in [-0.4, -0.2) is 9.97 Å². The molecule has 0 fully saturated rings. The summed E-state index contributed by atoms with van der Waals surface area (Å²) in [5.41, 5.74) is 7.38. The number of rotatable bonds is 2. The number of fused-ring (bicyclic) bond motifs is 2. The maximum absolute atomic E-state index is 4.72. The molecule has 0 spiro atoms. The van der Waals surface area contributed by atoms with Crippen molar-refractivity contribution in [3.05, 3.63) is 56.5 Å². The van der Waals surface area contributed by atoms with Crippen LogP contribution in [0.2, 0.25) is 0 Å². The highest BCUT2D eigenvalue weighted by atomic mass is 32.1. The first-order valence-corrected chi connectivity index (χ1v) is 9.56. The monoisotopic (exact) mass is 350 g/mol. The van der Waals surface area contributed by atoms with Crippen molar-refractivity contribution >= 4 is 55.3 Å². The Morgan fingerprint density at radius 1 is 0.625 bits per heavy atom. The Labute approximate surface area is 149 Å². The predicted octanol–water partition coefficient (Wildman–Crippen LogP) is 6.31. The lowest BCUT2D eigenvalue weighted by atomic mass is 10.1. The molecule has 0 saturated heterocycles. The first-order valence-electron chi connectivity index (χ1n) is 7.93. The summed E-state index contributed by atoms with van der Waals surface area (Å²) < 4.78 is 2.49. The minimum absolute atomic E-state index is 1.03. The highest BCUT2D eigenvalue weighted by Gasteiger charge is 2.06. The number of benzene rings is 2. The molecule has 2 aromatic carbocycles. The lowest BCUT2D eigenvalue weighted by molar-refractivity contribution is 1.35. The van der Waals surface area contributed by atoms with E-state index in [-0.39, 0.29) is 0 Å². The van der Waals surface area contributed by atoms with Crippen molar-refractivity contribution in [3.8, 4) is 0 Å². The Kier molecular flexibility index (Phi) is 3.74. The lowest BCUT2D eigenvalue weighted by Gasteiger charge is -1.96. The van der Waals surface area contributed by atoms with Gasteiger partial charge in [0, 0.05) is 0 Å². The van der Waals surface area contributed by atoms with Gasteiger partial charge in [-0.2, -0.15) is 0 Å². The molecule has 0 aliphatic rings. The van der Waals surface area contributed by atoms with Gasteiger partial charge in [-0.3, -0.25) is 0 Å². The van der Waals surface area contributed by atoms with E-state index in [0.717, 1.165) is 21.0 Å². The van der Waals surface area contributed by atoms with Crippen LogP contribution in [0.1, 0.15) is 32.3 Å². The van der Waals surface area contributed by atoms with E-state index in [9.17, 15) is 0 Å². The van der Waals surface area contributed by atoms with Gasteiger partial charge in [-0.05, 0) is 86.4 Å². The molecular weight excluding hydrogens is 332 g/mol. The van der Waals surface area contributed by atoms with Crippen LogP contribution >= 0.6 is 22.7 Å². The number of nitrogens with zero attached hydrogens (tertiary/aromatic N) is 2. The zero-order valence-electron chi connectivity index (χ0n) is 14.2. The van der Waals surface area contributed by atoms with Crippen molar-refractivity contribution in [2.75, 3.05) is 0 Å². The van der Waals surface area contributed by atoms with Gasteiger partial charge < -0.3 is 0 Å². The normalized spacial score (nSPS) is 12.0. The van der Waals surface area contributed by atoms with Crippen molar-refractivity contribution in [1.82, 2.24) is 9.97 Å². The first-order chi connectivity index (χ1) is 11.5. The highest BCUT2D eigenvalue weighted by molar-refractivity contribution is 7.20.